The third kappa shape index (κ3) is 2.52. The van der Waals surface area contributed by atoms with Gasteiger partial charge in [-0.05, 0) is 24.1 Å². The van der Waals surface area contributed by atoms with Crippen LogP contribution in [-0.2, 0) is 11.3 Å². The summed E-state index contributed by atoms with van der Waals surface area (Å²) >= 11 is 0. The van der Waals surface area contributed by atoms with E-state index in [2.05, 4.69) is 32.9 Å². The summed E-state index contributed by atoms with van der Waals surface area (Å²) in [4.78, 5) is 17.3. The molecule has 4 heterocycles. The van der Waals surface area contributed by atoms with E-state index in [0.717, 1.165) is 39.4 Å². The molecule has 1 atom stereocenters. The SMILES string of the molecule is Cc1cccn2c3c(nc12)CNC(=O)C[C@H]3c1cn[nH]c1-c1ccccc1. The van der Waals surface area contributed by atoms with Crippen molar-refractivity contribution >= 4 is 11.6 Å². The van der Waals surface area contributed by atoms with E-state index in [1.54, 1.807) is 0 Å². The van der Waals surface area contributed by atoms with Crippen molar-refractivity contribution in [2.45, 2.75) is 25.8 Å². The lowest BCUT2D eigenvalue weighted by Crippen LogP contribution is -2.21. The number of pyridine rings is 1. The van der Waals surface area contributed by atoms with Crippen LogP contribution in [0.15, 0.2) is 54.9 Å². The second-order valence-electron chi connectivity index (χ2n) is 6.93. The van der Waals surface area contributed by atoms with Crippen LogP contribution in [0, 0.1) is 6.92 Å². The molecule has 2 N–H and O–H groups in total. The number of H-pyrrole nitrogens is 1. The van der Waals surface area contributed by atoms with Crippen LogP contribution in [0.2, 0.25) is 0 Å². The number of hydrogen-bond acceptors (Lipinski definition) is 3. The maximum atomic E-state index is 12.4. The van der Waals surface area contributed by atoms with Gasteiger partial charge in [0.25, 0.3) is 0 Å². The van der Waals surface area contributed by atoms with Crippen molar-refractivity contribution in [1.82, 2.24) is 24.9 Å². The highest BCUT2D eigenvalue weighted by molar-refractivity contribution is 5.79. The van der Waals surface area contributed by atoms with Crippen LogP contribution in [-0.4, -0.2) is 25.5 Å². The minimum Gasteiger partial charge on any atom is -0.350 e. The minimum absolute atomic E-state index is 0.0274. The molecule has 0 saturated heterocycles. The Morgan fingerprint density at radius 2 is 2.00 bits per heavy atom. The van der Waals surface area contributed by atoms with Gasteiger partial charge in [-0.1, -0.05) is 36.4 Å². The molecule has 4 aromatic rings. The van der Waals surface area contributed by atoms with Crippen molar-refractivity contribution in [2.75, 3.05) is 0 Å². The highest BCUT2D eigenvalue weighted by atomic mass is 16.1. The molecule has 0 bridgehead atoms. The molecule has 1 aliphatic heterocycles. The zero-order valence-electron chi connectivity index (χ0n) is 14.9. The van der Waals surface area contributed by atoms with E-state index in [0.29, 0.717) is 13.0 Å². The Morgan fingerprint density at radius 1 is 1.15 bits per heavy atom. The Labute approximate surface area is 156 Å². The molecular weight excluding hydrogens is 338 g/mol. The van der Waals surface area contributed by atoms with Gasteiger partial charge in [-0.2, -0.15) is 5.10 Å². The Morgan fingerprint density at radius 3 is 2.85 bits per heavy atom. The summed E-state index contributed by atoms with van der Waals surface area (Å²) in [5, 5.41) is 10.4. The molecule has 0 saturated carbocycles. The summed E-state index contributed by atoms with van der Waals surface area (Å²) in [5.74, 6) is -0.0899. The fraction of sp³-hybridized carbons (Fsp3) is 0.190. The summed E-state index contributed by atoms with van der Waals surface area (Å²) in [6.45, 7) is 2.51. The average molecular weight is 357 g/mol. The largest absolute Gasteiger partial charge is 0.350 e. The second-order valence-corrected chi connectivity index (χ2v) is 6.93. The molecule has 6 nitrogen and oxygen atoms in total. The quantitative estimate of drug-likeness (QED) is 0.578. The lowest BCUT2D eigenvalue weighted by molar-refractivity contribution is -0.121. The lowest BCUT2D eigenvalue weighted by Gasteiger charge is -2.16. The molecule has 0 fully saturated rings. The molecule has 1 amide bonds. The number of nitrogens with zero attached hydrogens (tertiary/aromatic N) is 3. The van der Waals surface area contributed by atoms with Crippen LogP contribution < -0.4 is 5.32 Å². The van der Waals surface area contributed by atoms with Gasteiger partial charge in [0.05, 0.1) is 29.8 Å². The number of aryl methyl sites for hydroxylation is 1. The number of rotatable bonds is 2. The first kappa shape index (κ1) is 15.8. The summed E-state index contributed by atoms with van der Waals surface area (Å²) in [7, 11) is 0. The number of fused-ring (bicyclic) bond motifs is 3. The third-order valence-electron chi connectivity index (χ3n) is 5.24. The zero-order chi connectivity index (χ0) is 18.4. The first-order valence-corrected chi connectivity index (χ1v) is 9.04. The van der Waals surface area contributed by atoms with Crippen molar-refractivity contribution in [3.63, 3.8) is 0 Å². The minimum atomic E-state index is -0.117. The molecule has 1 aliphatic rings. The molecule has 1 aromatic carbocycles. The smallest absolute Gasteiger partial charge is 0.221 e. The number of hydrogen-bond donors (Lipinski definition) is 2. The van der Waals surface area contributed by atoms with Gasteiger partial charge in [0.1, 0.15) is 5.65 Å². The van der Waals surface area contributed by atoms with Crippen LogP contribution >= 0.6 is 0 Å². The summed E-state index contributed by atoms with van der Waals surface area (Å²) in [5.41, 5.74) is 7.05. The Kier molecular flexibility index (Phi) is 3.57. The van der Waals surface area contributed by atoms with Crippen LogP contribution in [0.3, 0.4) is 0 Å². The lowest BCUT2D eigenvalue weighted by atomic mass is 9.90. The fourth-order valence-corrected chi connectivity index (χ4v) is 3.96. The normalized spacial score (nSPS) is 16.8. The van der Waals surface area contributed by atoms with E-state index in [-0.39, 0.29) is 11.8 Å². The van der Waals surface area contributed by atoms with Crippen LogP contribution in [0.1, 0.15) is 34.9 Å². The average Bonchev–Trinajstić information content (AvgIpc) is 3.27. The van der Waals surface area contributed by atoms with Gasteiger partial charge >= 0.3 is 0 Å². The second kappa shape index (κ2) is 6.09. The number of imidazole rings is 1. The topological polar surface area (TPSA) is 75.1 Å². The maximum Gasteiger partial charge on any atom is 0.221 e. The fourth-order valence-electron chi connectivity index (χ4n) is 3.96. The number of amides is 1. The summed E-state index contributed by atoms with van der Waals surface area (Å²) in [6, 6.07) is 14.2. The molecule has 6 heteroatoms. The van der Waals surface area contributed by atoms with E-state index in [9.17, 15) is 4.79 Å². The summed E-state index contributed by atoms with van der Waals surface area (Å²) in [6.07, 6.45) is 4.23. The van der Waals surface area contributed by atoms with Gasteiger partial charge in [0.2, 0.25) is 5.91 Å². The number of nitrogens with one attached hydrogen (secondary N) is 2. The van der Waals surface area contributed by atoms with Crippen molar-refractivity contribution in [3.8, 4) is 11.3 Å². The number of carbonyl (C=O) groups excluding carboxylic acids is 1. The van der Waals surface area contributed by atoms with Crippen LogP contribution in [0.4, 0.5) is 0 Å². The molecule has 0 aliphatic carbocycles. The van der Waals surface area contributed by atoms with Crippen molar-refractivity contribution in [2.24, 2.45) is 0 Å². The highest BCUT2D eigenvalue weighted by Crippen LogP contribution is 2.37. The van der Waals surface area contributed by atoms with Gasteiger partial charge in [-0.25, -0.2) is 4.98 Å². The third-order valence-corrected chi connectivity index (χ3v) is 5.24. The highest BCUT2D eigenvalue weighted by Gasteiger charge is 2.31. The van der Waals surface area contributed by atoms with E-state index < -0.39 is 0 Å². The van der Waals surface area contributed by atoms with Gasteiger partial charge in [0, 0.05) is 24.1 Å². The standard InChI is InChI=1S/C21H19N5O/c1-13-6-5-9-26-20-15(10-18(27)22-12-17(20)24-21(13)26)16-11-23-25-19(16)14-7-3-2-4-8-14/h2-9,11,15H,10,12H2,1H3,(H,22,27)(H,23,25)/t15-/m0/s1. The molecule has 134 valence electrons. The van der Waals surface area contributed by atoms with Gasteiger partial charge in [-0.3, -0.25) is 9.89 Å². The number of benzene rings is 1. The Balaban J connectivity index is 1.74. The van der Waals surface area contributed by atoms with Gasteiger partial charge in [-0.15, -0.1) is 0 Å². The predicted octanol–water partition coefficient (Wildman–Crippen LogP) is 3.18. The van der Waals surface area contributed by atoms with Gasteiger partial charge in [0.15, 0.2) is 0 Å². The summed E-state index contributed by atoms with van der Waals surface area (Å²) < 4.78 is 2.12. The monoisotopic (exact) mass is 357 g/mol. The Bertz CT molecular complexity index is 1140. The van der Waals surface area contributed by atoms with Crippen LogP contribution in [0.25, 0.3) is 16.9 Å². The number of aromatic nitrogens is 4. The van der Waals surface area contributed by atoms with Crippen molar-refractivity contribution < 1.29 is 4.79 Å². The molecule has 0 spiro atoms. The molecule has 5 rings (SSSR count). The number of aromatic amines is 1. The molecule has 27 heavy (non-hydrogen) atoms. The predicted molar refractivity (Wildman–Crippen MR) is 102 cm³/mol. The van der Waals surface area contributed by atoms with Crippen molar-refractivity contribution in [1.29, 1.82) is 0 Å². The Hall–Kier alpha value is -3.41. The van der Waals surface area contributed by atoms with E-state index in [1.165, 1.54) is 0 Å². The maximum absolute atomic E-state index is 12.4. The first-order chi connectivity index (χ1) is 13.2. The molecular formula is C21H19N5O. The van der Waals surface area contributed by atoms with Gasteiger partial charge < -0.3 is 9.72 Å². The molecule has 0 unspecified atom stereocenters. The van der Waals surface area contributed by atoms with E-state index in [1.807, 2.05) is 48.8 Å². The zero-order valence-corrected chi connectivity index (χ0v) is 14.9. The molecule has 0 radical (unpaired) electrons. The first-order valence-electron chi connectivity index (χ1n) is 9.04. The molecule has 3 aromatic heterocycles. The number of carbonyl (C=O) groups is 1. The van der Waals surface area contributed by atoms with Crippen LogP contribution in [0.5, 0.6) is 0 Å². The van der Waals surface area contributed by atoms with E-state index in [4.69, 9.17) is 4.98 Å². The van der Waals surface area contributed by atoms with Crippen molar-refractivity contribution in [3.05, 3.63) is 77.4 Å². The van der Waals surface area contributed by atoms with E-state index >= 15 is 0 Å².